The number of aryl methyl sites for hydroxylation is 2. The highest BCUT2D eigenvalue weighted by atomic mass is 16.5. The molecule has 0 radical (unpaired) electrons. The number of anilines is 1. The molecule has 4 rings (SSSR count). The molecule has 0 aliphatic rings. The summed E-state index contributed by atoms with van der Waals surface area (Å²) in [6.45, 7) is 3.59. The Morgan fingerprint density at radius 3 is 2.55 bits per heavy atom. The largest absolute Gasteiger partial charge is 0.464 e. The van der Waals surface area contributed by atoms with E-state index in [0.29, 0.717) is 5.69 Å². The molecule has 5 nitrogen and oxygen atoms in total. The van der Waals surface area contributed by atoms with Crippen molar-refractivity contribution in [1.29, 1.82) is 0 Å². The number of rotatable bonds is 5. The van der Waals surface area contributed by atoms with Crippen LogP contribution in [0.2, 0.25) is 0 Å². The Morgan fingerprint density at radius 1 is 1.00 bits per heavy atom. The van der Waals surface area contributed by atoms with Gasteiger partial charge in [-0.05, 0) is 53.9 Å². The molecule has 1 amide bonds. The Labute approximate surface area is 168 Å². The molecule has 0 saturated heterocycles. The minimum absolute atomic E-state index is 0.0395. The van der Waals surface area contributed by atoms with Gasteiger partial charge in [-0.2, -0.15) is 0 Å². The van der Waals surface area contributed by atoms with Crippen LogP contribution in [-0.2, 0) is 20.7 Å². The first-order valence-corrected chi connectivity index (χ1v) is 9.41. The molecule has 0 saturated carbocycles. The summed E-state index contributed by atoms with van der Waals surface area (Å²) in [6, 6.07) is 17.6. The third-order valence-corrected chi connectivity index (χ3v) is 4.74. The van der Waals surface area contributed by atoms with E-state index in [2.05, 4.69) is 5.32 Å². The molecule has 146 valence electrons. The molecule has 0 spiro atoms. The van der Waals surface area contributed by atoms with E-state index in [1.54, 1.807) is 6.26 Å². The van der Waals surface area contributed by atoms with Crippen molar-refractivity contribution < 1.29 is 18.7 Å². The van der Waals surface area contributed by atoms with Gasteiger partial charge in [0.1, 0.15) is 5.58 Å². The molecule has 0 unspecified atom stereocenters. The molecule has 29 heavy (non-hydrogen) atoms. The Hall–Kier alpha value is -3.60. The summed E-state index contributed by atoms with van der Waals surface area (Å²) >= 11 is 0. The van der Waals surface area contributed by atoms with E-state index < -0.39 is 5.97 Å². The molecule has 3 aromatic carbocycles. The van der Waals surface area contributed by atoms with Crippen LogP contribution in [0.5, 0.6) is 0 Å². The molecule has 0 bridgehead atoms. The second-order valence-electron chi connectivity index (χ2n) is 7.18. The minimum atomic E-state index is -0.476. The van der Waals surface area contributed by atoms with Crippen LogP contribution in [-0.4, -0.2) is 18.5 Å². The summed E-state index contributed by atoms with van der Waals surface area (Å²) in [6.07, 6.45) is 1.62. The Kier molecular flexibility index (Phi) is 5.04. The van der Waals surface area contributed by atoms with Crippen molar-refractivity contribution in [2.45, 2.75) is 20.3 Å². The third kappa shape index (κ3) is 4.14. The highest BCUT2D eigenvalue weighted by Crippen LogP contribution is 2.30. The van der Waals surface area contributed by atoms with Crippen molar-refractivity contribution in [3.05, 3.63) is 77.6 Å². The fourth-order valence-corrected chi connectivity index (χ4v) is 3.60. The average Bonchev–Trinajstić information content (AvgIpc) is 3.09. The zero-order valence-electron chi connectivity index (χ0n) is 16.3. The maximum Gasteiger partial charge on any atom is 0.310 e. The van der Waals surface area contributed by atoms with E-state index in [-0.39, 0.29) is 18.9 Å². The van der Waals surface area contributed by atoms with Gasteiger partial charge >= 0.3 is 5.97 Å². The van der Waals surface area contributed by atoms with Gasteiger partial charge in [-0.1, -0.05) is 36.4 Å². The number of hydrogen-bond donors (Lipinski definition) is 1. The number of benzene rings is 3. The summed E-state index contributed by atoms with van der Waals surface area (Å²) in [5.41, 5.74) is 4.26. The second-order valence-corrected chi connectivity index (χ2v) is 7.18. The zero-order chi connectivity index (χ0) is 20.4. The van der Waals surface area contributed by atoms with Crippen LogP contribution in [0.25, 0.3) is 21.7 Å². The molecule has 0 atom stereocenters. The van der Waals surface area contributed by atoms with Crippen LogP contribution in [0.1, 0.15) is 16.7 Å². The van der Waals surface area contributed by atoms with Crippen molar-refractivity contribution in [3.63, 3.8) is 0 Å². The standard InChI is InChI=1S/C24H21NO4/c1-15-9-16(2)11-19(10-15)25-22(26)14-29-23(27)12-18-13-28-21-8-7-17-5-3-4-6-20(17)24(18)21/h3-11,13H,12,14H2,1-2H3,(H,25,26). The predicted molar refractivity (Wildman–Crippen MR) is 113 cm³/mol. The number of hydrogen-bond acceptors (Lipinski definition) is 4. The smallest absolute Gasteiger partial charge is 0.310 e. The number of esters is 1. The quantitative estimate of drug-likeness (QED) is 0.493. The molecule has 4 aromatic rings. The number of carbonyl (C=O) groups is 2. The summed E-state index contributed by atoms with van der Waals surface area (Å²) in [5.74, 6) is -0.845. The normalized spacial score (nSPS) is 11.0. The van der Waals surface area contributed by atoms with Crippen molar-refractivity contribution >= 4 is 39.3 Å². The van der Waals surface area contributed by atoms with Crippen LogP contribution >= 0.6 is 0 Å². The molecule has 0 aliphatic carbocycles. The average molecular weight is 387 g/mol. The van der Waals surface area contributed by atoms with Gasteiger partial charge in [-0.25, -0.2) is 0 Å². The monoisotopic (exact) mass is 387 g/mol. The number of fused-ring (bicyclic) bond motifs is 3. The Morgan fingerprint density at radius 2 is 1.76 bits per heavy atom. The van der Waals surface area contributed by atoms with Crippen molar-refractivity contribution in [3.8, 4) is 0 Å². The van der Waals surface area contributed by atoms with E-state index in [4.69, 9.17) is 9.15 Å². The molecule has 1 heterocycles. The van der Waals surface area contributed by atoms with Crippen LogP contribution in [0.3, 0.4) is 0 Å². The van der Waals surface area contributed by atoms with Crippen LogP contribution in [0.15, 0.2) is 65.3 Å². The van der Waals surface area contributed by atoms with Gasteiger partial charge < -0.3 is 14.5 Å². The molecule has 5 heteroatoms. The van der Waals surface area contributed by atoms with Gasteiger partial charge in [0.05, 0.1) is 12.7 Å². The van der Waals surface area contributed by atoms with Gasteiger partial charge in [0, 0.05) is 16.6 Å². The van der Waals surface area contributed by atoms with Gasteiger partial charge in [-0.15, -0.1) is 0 Å². The molecular formula is C24H21NO4. The number of amides is 1. The maximum atomic E-state index is 12.3. The molecule has 1 N–H and O–H groups in total. The Balaban J connectivity index is 1.42. The first kappa shape index (κ1) is 18.7. The van der Waals surface area contributed by atoms with Gasteiger partial charge in [0.2, 0.25) is 0 Å². The molecule has 0 fully saturated rings. The molecule has 0 aliphatic heterocycles. The molecule has 1 aromatic heterocycles. The summed E-state index contributed by atoms with van der Waals surface area (Å²) < 4.78 is 10.8. The number of ether oxygens (including phenoxy) is 1. The summed E-state index contributed by atoms with van der Waals surface area (Å²) in [5, 5.41) is 5.75. The van der Waals surface area contributed by atoms with Crippen molar-refractivity contribution in [1.82, 2.24) is 0 Å². The van der Waals surface area contributed by atoms with Crippen molar-refractivity contribution in [2.75, 3.05) is 11.9 Å². The maximum absolute atomic E-state index is 12.3. The van der Waals surface area contributed by atoms with Crippen LogP contribution in [0.4, 0.5) is 5.69 Å². The topological polar surface area (TPSA) is 68.5 Å². The number of nitrogens with one attached hydrogen (secondary N) is 1. The van der Waals surface area contributed by atoms with Gasteiger partial charge in [-0.3, -0.25) is 9.59 Å². The second kappa shape index (κ2) is 7.80. The fraction of sp³-hybridized carbons (Fsp3) is 0.167. The van der Waals surface area contributed by atoms with Crippen LogP contribution < -0.4 is 5.32 Å². The lowest BCUT2D eigenvalue weighted by molar-refractivity contribution is -0.146. The van der Waals surface area contributed by atoms with Gasteiger partial charge in [0.15, 0.2) is 6.61 Å². The lowest BCUT2D eigenvalue weighted by atomic mass is 10.0. The summed E-state index contributed by atoms with van der Waals surface area (Å²) in [4.78, 5) is 24.4. The van der Waals surface area contributed by atoms with E-state index in [9.17, 15) is 9.59 Å². The Bertz CT molecular complexity index is 1200. The van der Waals surface area contributed by atoms with Gasteiger partial charge in [0.25, 0.3) is 5.91 Å². The third-order valence-electron chi connectivity index (χ3n) is 4.74. The fourth-order valence-electron chi connectivity index (χ4n) is 3.60. The lowest BCUT2D eigenvalue weighted by Crippen LogP contribution is -2.21. The van der Waals surface area contributed by atoms with E-state index in [1.807, 2.05) is 68.4 Å². The highest BCUT2D eigenvalue weighted by Gasteiger charge is 2.15. The number of furan rings is 1. The summed E-state index contributed by atoms with van der Waals surface area (Å²) in [7, 11) is 0. The minimum Gasteiger partial charge on any atom is -0.464 e. The van der Waals surface area contributed by atoms with E-state index >= 15 is 0 Å². The SMILES string of the molecule is Cc1cc(C)cc(NC(=O)COC(=O)Cc2coc3ccc4ccccc4c23)c1. The first-order valence-electron chi connectivity index (χ1n) is 9.41. The first-order chi connectivity index (χ1) is 14.0. The van der Waals surface area contributed by atoms with E-state index in [0.717, 1.165) is 38.4 Å². The predicted octanol–water partition coefficient (Wildman–Crippen LogP) is 4.93. The van der Waals surface area contributed by atoms with Crippen molar-refractivity contribution in [2.24, 2.45) is 0 Å². The van der Waals surface area contributed by atoms with Crippen LogP contribution in [0, 0.1) is 13.8 Å². The van der Waals surface area contributed by atoms with E-state index in [1.165, 1.54) is 0 Å². The lowest BCUT2D eigenvalue weighted by Gasteiger charge is -2.08. The molecular weight excluding hydrogens is 366 g/mol. The number of carbonyl (C=O) groups excluding carboxylic acids is 2. The highest BCUT2D eigenvalue weighted by molar-refractivity contribution is 6.08. The zero-order valence-corrected chi connectivity index (χ0v) is 16.3.